The lowest BCUT2D eigenvalue weighted by Crippen LogP contribution is -2.52. The molecule has 0 spiro atoms. The lowest BCUT2D eigenvalue weighted by Gasteiger charge is -2.41. The molecular weight excluding hydrogens is 228 g/mol. The van der Waals surface area contributed by atoms with Gasteiger partial charge in [-0.25, -0.2) is 0 Å². The molecule has 0 unspecified atom stereocenters. The highest BCUT2D eigenvalue weighted by Gasteiger charge is 2.34. The molecule has 0 aliphatic carbocycles. The van der Waals surface area contributed by atoms with Crippen LogP contribution in [0.3, 0.4) is 0 Å². The molecule has 2 N–H and O–H groups in total. The average molecular weight is 254 g/mol. The fourth-order valence-corrected chi connectivity index (χ4v) is 3.07. The molecule has 0 aromatic rings. The second kappa shape index (κ2) is 6.53. The molecule has 4 nitrogen and oxygen atoms in total. The number of piperidine rings is 1. The second-order valence-electron chi connectivity index (χ2n) is 5.63. The van der Waals surface area contributed by atoms with Gasteiger partial charge in [0, 0.05) is 25.6 Å². The minimum Gasteiger partial charge on any atom is -0.378 e. The van der Waals surface area contributed by atoms with Crippen LogP contribution in [0.5, 0.6) is 0 Å². The molecule has 0 radical (unpaired) electrons. The van der Waals surface area contributed by atoms with E-state index in [0.29, 0.717) is 12.0 Å². The number of unbranched alkanes of at least 4 members (excludes halogenated alkanes) is 1. The van der Waals surface area contributed by atoms with Crippen molar-refractivity contribution in [3.05, 3.63) is 0 Å². The Morgan fingerprint density at radius 2 is 2.33 bits per heavy atom. The molecule has 2 aliphatic heterocycles. The third kappa shape index (κ3) is 3.23. The molecule has 2 heterocycles. The summed E-state index contributed by atoms with van der Waals surface area (Å²) in [4.78, 5) is 14.2. The molecular formula is C14H26N2O2. The number of carbonyl (C=O) groups excluding carboxylic acids is 1. The largest absolute Gasteiger partial charge is 0.378 e. The Bertz CT molecular complexity index is 283. The van der Waals surface area contributed by atoms with Crippen molar-refractivity contribution in [2.24, 2.45) is 11.7 Å². The molecule has 18 heavy (non-hydrogen) atoms. The molecule has 3 atom stereocenters. The van der Waals surface area contributed by atoms with Gasteiger partial charge < -0.3 is 15.4 Å². The van der Waals surface area contributed by atoms with Gasteiger partial charge in [-0.3, -0.25) is 4.79 Å². The summed E-state index contributed by atoms with van der Waals surface area (Å²) >= 11 is 0. The average Bonchev–Trinajstić information content (AvgIpc) is 2.43. The van der Waals surface area contributed by atoms with Gasteiger partial charge in [0.05, 0.1) is 12.1 Å². The van der Waals surface area contributed by atoms with Gasteiger partial charge in [-0.05, 0) is 25.7 Å². The van der Waals surface area contributed by atoms with Gasteiger partial charge in [-0.2, -0.15) is 0 Å². The first-order chi connectivity index (χ1) is 8.72. The predicted octanol–water partition coefficient (Wildman–Crippen LogP) is 1.53. The summed E-state index contributed by atoms with van der Waals surface area (Å²) < 4.78 is 5.77. The van der Waals surface area contributed by atoms with Crippen molar-refractivity contribution in [2.45, 2.75) is 57.6 Å². The molecule has 0 saturated carbocycles. The zero-order valence-electron chi connectivity index (χ0n) is 11.4. The molecule has 4 heteroatoms. The van der Waals surface area contributed by atoms with Gasteiger partial charge in [-0.1, -0.05) is 19.8 Å². The van der Waals surface area contributed by atoms with E-state index in [9.17, 15) is 4.79 Å². The normalized spacial score (nSPS) is 29.8. The fourth-order valence-electron chi connectivity index (χ4n) is 3.07. The number of hydrogen-bond donors (Lipinski definition) is 1. The monoisotopic (exact) mass is 254 g/mol. The maximum atomic E-state index is 12.2. The number of fused-ring (bicyclic) bond motifs is 1. The van der Waals surface area contributed by atoms with Crippen molar-refractivity contribution in [3.8, 4) is 0 Å². The molecule has 0 aromatic heterocycles. The summed E-state index contributed by atoms with van der Waals surface area (Å²) in [6, 6.07) is -0.300. The number of amides is 1. The number of hydrogen-bond acceptors (Lipinski definition) is 3. The first-order valence-electron chi connectivity index (χ1n) is 7.38. The Kier molecular flexibility index (Phi) is 5.01. The molecule has 2 rings (SSSR count). The molecule has 1 amide bonds. The Labute approximate surface area is 110 Å². The van der Waals surface area contributed by atoms with Crippen LogP contribution in [0.1, 0.15) is 45.4 Å². The summed E-state index contributed by atoms with van der Waals surface area (Å²) in [7, 11) is 0. The van der Waals surface area contributed by atoms with Crippen molar-refractivity contribution in [1.29, 1.82) is 0 Å². The summed E-state index contributed by atoms with van der Waals surface area (Å²) in [6.07, 6.45) is 6.64. The Balaban J connectivity index is 1.84. The van der Waals surface area contributed by atoms with Gasteiger partial charge in [0.25, 0.3) is 0 Å². The second-order valence-corrected chi connectivity index (χ2v) is 5.63. The predicted molar refractivity (Wildman–Crippen MR) is 71.2 cm³/mol. The first-order valence-corrected chi connectivity index (χ1v) is 7.38. The topological polar surface area (TPSA) is 55.6 Å². The van der Waals surface area contributed by atoms with Crippen molar-refractivity contribution in [3.63, 3.8) is 0 Å². The standard InChI is InChI=1S/C14H26N2O2/c1-2-3-6-12(15)14(17)16-8-7-13-11(10-16)5-4-9-18-13/h11-13H,2-10,15H2,1H3/t11-,12+,13-/m1/s1. The molecule has 2 fully saturated rings. The molecule has 2 aliphatic rings. The zero-order valence-corrected chi connectivity index (χ0v) is 11.4. The molecule has 104 valence electrons. The first kappa shape index (κ1) is 13.8. The Morgan fingerprint density at radius 3 is 3.11 bits per heavy atom. The van der Waals surface area contributed by atoms with Crippen LogP contribution in [-0.4, -0.2) is 42.6 Å². The maximum absolute atomic E-state index is 12.2. The van der Waals surface area contributed by atoms with Crippen molar-refractivity contribution in [1.82, 2.24) is 4.90 Å². The minimum atomic E-state index is -0.300. The number of nitrogens with two attached hydrogens (primary N) is 1. The van der Waals surface area contributed by atoms with E-state index in [1.807, 2.05) is 4.90 Å². The van der Waals surface area contributed by atoms with E-state index in [0.717, 1.165) is 51.8 Å². The Morgan fingerprint density at radius 1 is 1.50 bits per heavy atom. The van der Waals surface area contributed by atoms with Crippen LogP contribution in [0, 0.1) is 5.92 Å². The number of rotatable bonds is 4. The van der Waals surface area contributed by atoms with Crippen molar-refractivity contribution < 1.29 is 9.53 Å². The van der Waals surface area contributed by atoms with E-state index in [1.165, 1.54) is 6.42 Å². The van der Waals surface area contributed by atoms with Crippen LogP contribution < -0.4 is 5.73 Å². The number of nitrogens with zero attached hydrogens (tertiary/aromatic N) is 1. The van der Waals surface area contributed by atoms with Crippen LogP contribution in [-0.2, 0) is 9.53 Å². The highest BCUT2D eigenvalue weighted by molar-refractivity contribution is 5.81. The minimum absolute atomic E-state index is 0.146. The van der Waals surface area contributed by atoms with E-state index in [2.05, 4.69) is 6.92 Å². The quantitative estimate of drug-likeness (QED) is 0.828. The summed E-state index contributed by atoms with van der Waals surface area (Å²) in [6.45, 7) is 4.69. The zero-order chi connectivity index (χ0) is 13.0. The summed E-state index contributed by atoms with van der Waals surface area (Å²) in [5, 5.41) is 0. The van der Waals surface area contributed by atoms with E-state index >= 15 is 0 Å². The van der Waals surface area contributed by atoms with Gasteiger partial charge in [-0.15, -0.1) is 0 Å². The van der Waals surface area contributed by atoms with Crippen LogP contribution >= 0.6 is 0 Å². The number of ether oxygens (including phenoxy) is 1. The lowest BCUT2D eigenvalue weighted by molar-refractivity contribution is -0.140. The highest BCUT2D eigenvalue weighted by Crippen LogP contribution is 2.28. The van der Waals surface area contributed by atoms with Crippen LogP contribution in [0.15, 0.2) is 0 Å². The van der Waals surface area contributed by atoms with E-state index in [-0.39, 0.29) is 11.9 Å². The number of carbonyl (C=O) groups is 1. The van der Waals surface area contributed by atoms with E-state index in [4.69, 9.17) is 10.5 Å². The third-order valence-electron chi connectivity index (χ3n) is 4.21. The smallest absolute Gasteiger partial charge is 0.239 e. The van der Waals surface area contributed by atoms with Crippen LogP contribution in [0.25, 0.3) is 0 Å². The SMILES string of the molecule is CCCC[C@H](N)C(=O)N1CC[C@H]2OCCC[C@@H]2C1. The Hall–Kier alpha value is -0.610. The van der Waals surface area contributed by atoms with Crippen LogP contribution in [0.2, 0.25) is 0 Å². The fraction of sp³-hybridized carbons (Fsp3) is 0.929. The van der Waals surface area contributed by atoms with Gasteiger partial charge in [0.15, 0.2) is 0 Å². The van der Waals surface area contributed by atoms with Crippen molar-refractivity contribution in [2.75, 3.05) is 19.7 Å². The molecule has 2 saturated heterocycles. The van der Waals surface area contributed by atoms with E-state index < -0.39 is 0 Å². The number of likely N-dealkylation sites (tertiary alicyclic amines) is 1. The highest BCUT2D eigenvalue weighted by atomic mass is 16.5. The maximum Gasteiger partial charge on any atom is 0.239 e. The van der Waals surface area contributed by atoms with Crippen molar-refractivity contribution >= 4 is 5.91 Å². The summed E-state index contributed by atoms with van der Waals surface area (Å²) in [5.74, 6) is 0.683. The molecule has 0 bridgehead atoms. The van der Waals surface area contributed by atoms with Gasteiger partial charge in [0.2, 0.25) is 5.91 Å². The molecule has 0 aromatic carbocycles. The van der Waals surface area contributed by atoms with Gasteiger partial charge >= 0.3 is 0 Å². The van der Waals surface area contributed by atoms with Crippen LogP contribution in [0.4, 0.5) is 0 Å². The lowest BCUT2D eigenvalue weighted by atomic mass is 9.88. The summed E-state index contributed by atoms with van der Waals surface area (Å²) in [5.41, 5.74) is 5.98. The third-order valence-corrected chi connectivity index (χ3v) is 4.21. The van der Waals surface area contributed by atoms with Gasteiger partial charge in [0.1, 0.15) is 0 Å². The van der Waals surface area contributed by atoms with E-state index in [1.54, 1.807) is 0 Å².